The zero-order valence-corrected chi connectivity index (χ0v) is 17.3. The number of aryl methyl sites for hydroxylation is 1. The van der Waals surface area contributed by atoms with E-state index in [-0.39, 0.29) is 30.8 Å². The van der Waals surface area contributed by atoms with Gasteiger partial charge in [-0.15, -0.1) is 0 Å². The van der Waals surface area contributed by atoms with Crippen molar-refractivity contribution in [3.63, 3.8) is 0 Å². The van der Waals surface area contributed by atoms with Crippen molar-refractivity contribution in [2.24, 2.45) is 0 Å². The van der Waals surface area contributed by atoms with Crippen LogP contribution in [0, 0.1) is 12.7 Å². The van der Waals surface area contributed by atoms with Gasteiger partial charge in [-0.2, -0.15) is 0 Å². The first-order valence-electron chi connectivity index (χ1n) is 10.3. The van der Waals surface area contributed by atoms with Crippen molar-refractivity contribution in [2.75, 3.05) is 18.5 Å². The molecule has 7 nitrogen and oxygen atoms in total. The van der Waals surface area contributed by atoms with Crippen LogP contribution >= 0.6 is 0 Å². The Morgan fingerprint density at radius 3 is 2.90 bits per heavy atom. The number of benzene rings is 1. The summed E-state index contributed by atoms with van der Waals surface area (Å²) in [4.78, 5) is 28.0. The molecule has 31 heavy (non-hydrogen) atoms. The minimum absolute atomic E-state index is 0.0144. The number of pyridine rings is 1. The maximum absolute atomic E-state index is 13.3. The summed E-state index contributed by atoms with van der Waals surface area (Å²) < 4.78 is 18.8. The number of hydrogen-bond donors (Lipinski definition) is 1. The number of hydrogen-bond acceptors (Lipinski definition) is 6. The Labute approximate surface area is 180 Å². The molecule has 0 spiro atoms. The number of carbonyl (C=O) groups is 1. The van der Waals surface area contributed by atoms with Gasteiger partial charge in [0.15, 0.2) is 0 Å². The molecule has 160 valence electrons. The Hall–Kier alpha value is -3.55. The van der Waals surface area contributed by atoms with Gasteiger partial charge in [-0.3, -0.25) is 9.78 Å². The van der Waals surface area contributed by atoms with Crippen LogP contribution in [0.3, 0.4) is 0 Å². The topological polar surface area (TPSA) is 80.2 Å². The predicted octanol–water partition coefficient (Wildman–Crippen LogP) is 4.20. The maximum atomic E-state index is 13.3. The summed E-state index contributed by atoms with van der Waals surface area (Å²) in [5.74, 6) is 1.32. The molecule has 1 aliphatic heterocycles. The van der Waals surface area contributed by atoms with Crippen LogP contribution in [0.4, 0.5) is 16.0 Å². The standard InChI is InChI=1S/C23H24FN5O2/c1-16-5-2-9-21(26-16)28-22-15-25-14-19(27-22)20-8-4-11-29(20)23(30)10-12-31-18-7-3-6-17(24)13-18/h2-3,5-7,9,13-15,20H,4,8,10-12H2,1H3,(H,26,27,28)/t20-/m1/s1. The Balaban J connectivity index is 1.39. The Morgan fingerprint density at radius 2 is 2.06 bits per heavy atom. The summed E-state index contributed by atoms with van der Waals surface area (Å²) >= 11 is 0. The van der Waals surface area contributed by atoms with E-state index in [1.165, 1.54) is 12.1 Å². The van der Waals surface area contributed by atoms with Gasteiger partial charge in [0.2, 0.25) is 5.91 Å². The van der Waals surface area contributed by atoms with E-state index in [2.05, 4.69) is 20.3 Å². The number of halogens is 1. The van der Waals surface area contributed by atoms with Gasteiger partial charge in [-0.1, -0.05) is 12.1 Å². The summed E-state index contributed by atoms with van der Waals surface area (Å²) in [6.45, 7) is 2.79. The second-order valence-corrected chi connectivity index (χ2v) is 7.42. The molecule has 3 heterocycles. The van der Waals surface area contributed by atoms with Crippen molar-refractivity contribution < 1.29 is 13.9 Å². The minimum Gasteiger partial charge on any atom is -0.493 e. The number of nitrogens with zero attached hydrogens (tertiary/aromatic N) is 4. The van der Waals surface area contributed by atoms with Crippen molar-refractivity contribution in [3.8, 4) is 5.75 Å². The zero-order chi connectivity index (χ0) is 21.6. The van der Waals surface area contributed by atoms with Crippen LogP contribution in [0.5, 0.6) is 5.75 Å². The van der Waals surface area contributed by atoms with Crippen molar-refractivity contribution >= 4 is 17.5 Å². The molecule has 0 bridgehead atoms. The molecule has 1 aliphatic rings. The van der Waals surface area contributed by atoms with Crippen LogP contribution in [-0.4, -0.2) is 38.9 Å². The molecule has 0 aliphatic carbocycles. The molecule has 0 radical (unpaired) electrons. The molecule has 1 N–H and O–H groups in total. The average Bonchev–Trinajstić information content (AvgIpc) is 3.24. The highest BCUT2D eigenvalue weighted by Gasteiger charge is 2.31. The van der Waals surface area contributed by atoms with Gasteiger partial charge < -0.3 is 15.0 Å². The lowest BCUT2D eigenvalue weighted by Gasteiger charge is -2.24. The first-order valence-corrected chi connectivity index (χ1v) is 10.3. The summed E-state index contributed by atoms with van der Waals surface area (Å²) in [6, 6.07) is 11.5. The molecular formula is C23H24FN5O2. The first-order chi connectivity index (χ1) is 15.1. The lowest BCUT2D eigenvalue weighted by Crippen LogP contribution is -2.32. The lowest BCUT2D eigenvalue weighted by molar-refractivity contribution is -0.132. The highest BCUT2D eigenvalue weighted by molar-refractivity contribution is 5.77. The molecule has 0 saturated carbocycles. The molecule has 1 aromatic carbocycles. The molecule has 1 fully saturated rings. The third-order valence-corrected chi connectivity index (χ3v) is 5.09. The molecule has 8 heteroatoms. The van der Waals surface area contributed by atoms with Crippen molar-refractivity contribution in [2.45, 2.75) is 32.2 Å². The van der Waals surface area contributed by atoms with Crippen LogP contribution in [0.15, 0.2) is 54.9 Å². The number of likely N-dealkylation sites (tertiary alicyclic amines) is 1. The van der Waals surface area contributed by atoms with Crippen molar-refractivity contribution in [1.29, 1.82) is 0 Å². The first kappa shape index (κ1) is 20.7. The maximum Gasteiger partial charge on any atom is 0.226 e. The van der Waals surface area contributed by atoms with Gasteiger partial charge in [-0.05, 0) is 44.0 Å². The number of anilines is 2. The molecule has 3 aromatic rings. The number of aromatic nitrogens is 3. The molecule has 1 amide bonds. The van der Waals surface area contributed by atoms with Gasteiger partial charge in [-0.25, -0.2) is 14.4 Å². The predicted molar refractivity (Wildman–Crippen MR) is 114 cm³/mol. The fraction of sp³-hybridized carbons (Fsp3) is 0.304. The van der Waals surface area contributed by atoms with Gasteiger partial charge in [0, 0.05) is 18.3 Å². The fourth-order valence-electron chi connectivity index (χ4n) is 3.68. The summed E-state index contributed by atoms with van der Waals surface area (Å²) in [5, 5.41) is 3.17. The summed E-state index contributed by atoms with van der Waals surface area (Å²) in [7, 11) is 0. The van der Waals surface area contributed by atoms with Crippen molar-refractivity contribution in [3.05, 3.63) is 72.1 Å². The number of amides is 1. The molecular weight excluding hydrogens is 397 g/mol. The van der Waals surface area contributed by atoms with E-state index in [1.807, 2.05) is 30.0 Å². The van der Waals surface area contributed by atoms with E-state index in [4.69, 9.17) is 4.74 Å². The highest BCUT2D eigenvalue weighted by atomic mass is 19.1. The van der Waals surface area contributed by atoms with E-state index in [0.717, 1.165) is 24.2 Å². The van der Waals surface area contributed by atoms with Gasteiger partial charge in [0.1, 0.15) is 23.2 Å². The second kappa shape index (κ2) is 9.51. The molecule has 1 atom stereocenters. The van der Waals surface area contributed by atoms with Crippen LogP contribution in [0.2, 0.25) is 0 Å². The Morgan fingerprint density at radius 1 is 1.19 bits per heavy atom. The SMILES string of the molecule is Cc1cccc(Nc2cncc([C@H]3CCCN3C(=O)CCOc3cccc(F)c3)n2)n1. The second-order valence-electron chi connectivity index (χ2n) is 7.42. The van der Waals surface area contributed by atoms with E-state index >= 15 is 0 Å². The third kappa shape index (κ3) is 5.33. The third-order valence-electron chi connectivity index (χ3n) is 5.09. The van der Waals surface area contributed by atoms with Crippen molar-refractivity contribution in [1.82, 2.24) is 19.9 Å². The van der Waals surface area contributed by atoms with Gasteiger partial charge in [0.25, 0.3) is 0 Å². The minimum atomic E-state index is -0.364. The average molecular weight is 421 g/mol. The van der Waals surface area contributed by atoms with E-state index in [9.17, 15) is 9.18 Å². The van der Waals surface area contributed by atoms with E-state index in [0.29, 0.717) is 23.9 Å². The number of rotatable bonds is 7. The zero-order valence-electron chi connectivity index (χ0n) is 17.3. The summed E-state index contributed by atoms with van der Waals surface area (Å²) in [6.07, 6.45) is 5.29. The highest BCUT2D eigenvalue weighted by Crippen LogP contribution is 2.31. The number of nitrogens with one attached hydrogen (secondary N) is 1. The fourth-order valence-corrected chi connectivity index (χ4v) is 3.68. The van der Waals surface area contributed by atoms with Crippen LogP contribution in [0.1, 0.15) is 36.7 Å². The normalized spacial score (nSPS) is 15.7. The molecule has 0 unspecified atom stereocenters. The van der Waals surface area contributed by atoms with Crippen LogP contribution < -0.4 is 10.1 Å². The van der Waals surface area contributed by atoms with Gasteiger partial charge >= 0.3 is 0 Å². The Kier molecular flexibility index (Phi) is 6.35. The Bertz CT molecular complexity index is 1060. The van der Waals surface area contributed by atoms with Crippen LogP contribution in [-0.2, 0) is 4.79 Å². The molecule has 4 rings (SSSR count). The lowest BCUT2D eigenvalue weighted by atomic mass is 10.1. The quantitative estimate of drug-likeness (QED) is 0.616. The molecule has 1 saturated heterocycles. The largest absolute Gasteiger partial charge is 0.493 e. The van der Waals surface area contributed by atoms with E-state index < -0.39 is 0 Å². The number of ether oxygens (including phenoxy) is 1. The van der Waals surface area contributed by atoms with E-state index in [1.54, 1.807) is 24.5 Å². The van der Waals surface area contributed by atoms with Crippen LogP contribution in [0.25, 0.3) is 0 Å². The summed E-state index contributed by atoms with van der Waals surface area (Å²) in [5.41, 5.74) is 1.65. The monoisotopic (exact) mass is 421 g/mol. The molecule has 2 aromatic heterocycles. The number of carbonyl (C=O) groups excluding carboxylic acids is 1. The van der Waals surface area contributed by atoms with Gasteiger partial charge in [0.05, 0.1) is 37.2 Å². The smallest absolute Gasteiger partial charge is 0.226 e.